The van der Waals surface area contributed by atoms with Crippen molar-refractivity contribution in [3.8, 4) is 5.75 Å². The molecule has 7 nitrogen and oxygen atoms in total. The number of fused-ring (bicyclic) bond motifs is 1. The third-order valence-corrected chi connectivity index (χ3v) is 5.11. The van der Waals surface area contributed by atoms with E-state index in [1.807, 2.05) is 62.4 Å². The van der Waals surface area contributed by atoms with E-state index in [0.717, 1.165) is 5.39 Å². The summed E-state index contributed by atoms with van der Waals surface area (Å²) in [7, 11) is 0. The number of nitrogens with zero attached hydrogens (tertiary/aromatic N) is 1. The third-order valence-electron chi connectivity index (χ3n) is 5.11. The van der Waals surface area contributed by atoms with Crippen molar-refractivity contribution in [2.24, 2.45) is 0 Å². The number of ether oxygens (including phenoxy) is 3. The number of furan rings is 1. The summed E-state index contributed by atoms with van der Waals surface area (Å²) in [6, 6.07) is 16.6. The monoisotopic (exact) mass is 423 g/mol. The Morgan fingerprint density at radius 3 is 2.42 bits per heavy atom. The highest BCUT2D eigenvalue weighted by Crippen LogP contribution is 2.28. The Hall–Kier alpha value is -3.32. The molecule has 0 N–H and O–H groups in total. The number of rotatable bonds is 6. The van der Waals surface area contributed by atoms with E-state index >= 15 is 0 Å². The molecule has 0 saturated carbocycles. The number of para-hydroxylation sites is 2. The Balaban J connectivity index is 1.47. The third kappa shape index (κ3) is 4.88. The molecule has 2 atom stereocenters. The predicted octanol–water partition coefficient (Wildman–Crippen LogP) is 3.80. The maximum Gasteiger partial charge on any atom is 0.375 e. The Morgan fingerprint density at radius 2 is 1.68 bits per heavy atom. The van der Waals surface area contributed by atoms with Gasteiger partial charge < -0.3 is 23.5 Å². The normalized spacial score (nSPS) is 18.7. The summed E-state index contributed by atoms with van der Waals surface area (Å²) in [6.45, 7) is 4.56. The Kier molecular flexibility index (Phi) is 6.23. The molecule has 0 spiro atoms. The highest BCUT2D eigenvalue weighted by atomic mass is 16.5. The molecule has 0 radical (unpaired) electrons. The maximum absolute atomic E-state index is 12.8. The zero-order valence-corrected chi connectivity index (χ0v) is 17.6. The van der Waals surface area contributed by atoms with Crippen LogP contribution in [0.5, 0.6) is 5.75 Å². The lowest BCUT2D eigenvalue weighted by Crippen LogP contribution is -2.49. The van der Waals surface area contributed by atoms with Crippen LogP contribution in [-0.2, 0) is 20.9 Å². The lowest BCUT2D eigenvalue weighted by Gasteiger charge is -2.35. The summed E-state index contributed by atoms with van der Waals surface area (Å²) in [5.41, 5.74) is 1.15. The van der Waals surface area contributed by atoms with Crippen molar-refractivity contribution in [1.29, 1.82) is 0 Å². The molecule has 1 saturated heterocycles. The standard InChI is InChI=1S/C24H25NO6/c1-16-12-25(13-17(2)30-16)22(26)15-29-24(27)23-20(14-28-18-8-4-3-5-9-18)19-10-6-7-11-21(19)31-23/h3-11,16-17H,12-15H2,1-2H3/t16-,17-/m0/s1. The van der Waals surface area contributed by atoms with E-state index in [1.165, 1.54) is 0 Å². The van der Waals surface area contributed by atoms with Gasteiger partial charge in [0, 0.05) is 18.5 Å². The summed E-state index contributed by atoms with van der Waals surface area (Å²) in [5, 5.41) is 0.771. The zero-order valence-electron chi connectivity index (χ0n) is 17.6. The van der Waals surface area contributed by atoms with Gasteiger partial charge in [-0.05, 0) is 32.0 Å². The van der Waals surface area contributed by atoms with Gasteiger partial charge in [-0.25, -0.2) is 4.79 Å². The smallest absolute Gasteiger partial charge is 0.375 e. The number of hydrogen-bond acceptors (Lipinski definition) is 6. The van der Waals surface area contributed by atoms with Crippen LogP contribution in [0.15, 0.2) is 59.0 Å². The van der Waals surface area contributed by atoms with Crippen LogP contribution in [0.4, 0.5) is 0 Å². The highest BCUT2D eigenvalue weighted by molar-refractivity contribution is 5.96. The molecule has 2 heterocycles. The first-order valence-corrected chi connectivity index (χ1v) is 10.3. The van der Waals surface area contributed by atoms with Crippen molar-refractivity contribution in [3.63, 3.8) is 0 Å². The second-order valence-electron chi connectivity index (χ2n) is 7.64. The summed E-state index contributed by atoms with van der Waals surface area (Å²) >= 11 is 0. The second kappa shape index (κ2) is 9.22. The molecule has 1 amide bonds. The zero-order chi connectivity index (χ0) is 21.8. The lowest BCUT2D eigenvalue weighted by atomic mass is 10.1. The van der Waals surface area contributed by atoms with Crippen molar-refractivity contribution in [2.75, 3.05) is 19.7 Å². The Morgan fingerprint density at radius 1 is 1.00 bits per heavy atom. The van der Waals surface area contributed by atoms with E-state index in [1.54, 1.807) is 11.0 Å². The number of hydrogen-bond donors (Lipinski definition) is 0. The van der Waals surface area contributed by atoms with Gasteiger partial charge in [-0.3, -0.25) is 4.79 Å². The summed E-state index contributed by atoms with van der Waals surface area (Å²) < 4.78 is 22.6. The van der Waals surface area contributed by atoms with Crippen LogP contribution >= 0.6 is 0 Å². The van der Waals surface area contributed by atoms with E-state index < -0.39 is 5.97 Å². The minimum Gasteiger partial charge on any atom is -0.489 e. The van der Waals surface area contributed by atoms with Gasteiger partial charge in [0.1, 0.15) is 17.9 Å². The van der Waals surface area contributed by atoms with Gasteiger partial charge in [-0.2, -0.15) is 0 Å². The molecular formula is C24H25NO6. The molecule has 162 valence electrons. The molecule has 3 aromatic rings. The van der Waals surface area contributed by atoms with Crippen LogP contribution in [0.3, 0.4) is 0 Å². The van der Waals surface area contributed by atoms with Crippen LogP contribution in [0, 0.1) is 0 Å². The predicted molar refractivity (Wildman–Crippen MR) is 114 cm³/mol. The minimum atomic E-state index is -0.689. The van der Waals surface area contributed by atoms with Crippen molar-refractivity contribution >= 4 is 22.8 Å². The van der Waals surface area contributed by atoms with Crippen molar-refractivity contribution in [2.45, 2.75) is 32.7 Å². The van der Waals surface area contributed by atoms with E-state index in [2.05, 4.69) is 0 Å². The van der Waals surface area contributed by atoms with Crippen molar-refractivity contribution in [3.05, 3.63) is 65.9 Å². The van der Waals surface area contributed by atoms with Crippen LogP contribution in [0.2, 0.25) is 0 Å². The van der Waals surface area contributed by atoms with Gasteiger partial charge in [0.05, 0.1) is 17.8 Å². The van der Waals surface area contributed by atoms with Gasteiger partial charge in [0.15, 0.2) is 6.61 Å². The molecule has 1 aromatic heterocycles. The maximum atomic E-state index is 12.8. The van der Waals surface area contributed by atoms with Gasteiger partial charge >= 0.3 is 5.97 Å². The van der Waals surface area contributed by atoms with Crippen LogP contribution in [0.1, 0.15) is 30.0 Å². The van der Waals surface area contributed by atoms with E-state index in [0.29, 0.717) is 30.0 Å². The van der Waals surface area contributed by atoms with E-state index in [-0.39, 0.29) is 37.1 Å². The van der Waals surface area contributed by atoms with Crippen molar-refractivity contribution in [1.82, 2.24) is 4.90 Å². The van der Waals surface area contributed by atoms with Crippen molar-refractivity contribution < 1.29 is 28.2 Å². The first-order valence-electron chi connectivity index (χ1n) is 10.3. The Labute approximate surface area is 180 Å². The molecule has 0 bridgehead atoms. The van der Waals surface area contributed by atoms with Crippen LogP contribution in [0.25, 0.3) is 11.0 Å². The minimum absolute atomic E-state index is 0.0497. The lowest BCUT2D eigenvalue weighted by molar-refractivity contribution is -0.146. The molecule has 0 unspecified atom stereocenters. The first kappa shape index (κ1) is 20.9. The number of morpholine rings is 1. The molecule has 1 aliphatic heterocycles. The average molecular weight is 423 g/mol. The molecular weight excluding hydrogens is 398 g/mol. The molecule has 31 heavy (non-hydrogen) atoms. The van der Waals surface area contributed by atoms with Gasteiger partial charge in [-0.15, -0.1) is 0 Å². The first-order chi connectivity index (χ1) is 15.0. The molecule has 1 aliphatic rings. The largest absolute Gasteiger partial charge is 0.489 e. The molecule has 7 heteroatoms. The number of esters is 1. The van der Waals surface area contributed by atoms with E-state index in [4.69, 9.17) is 18.6 Å². The summed E-state index contributed by atoms with van der Waals surface area (Å²) in [4.78, 5) is 27.0. The quantitative estimate of drug-likeness (QED) is 0.561. The topological polar surface area (TPSA) is 78.2 Å². The fourth-order valence-electron chi connectivity index (χ4n) is 3.74. The van der Waals surface area contributed by atoms with E-state index in [9.17, 15) is 9.59 Å². The fraction of sp³-hybridized carbons (Fsp3) is 0.333. The fourth-order valence-corrected chi connectivity index (χ4v) is 3.74. The summed E-state index contributed by atoms with van der Waals surface area (Å²) in [6.07, 6.45) is -0.110. The number of amides is 1. The average Bonchev–Trinajstić information content (AvgIpc) is 3.14. The Bertz CT molecular complexity index is 1050. The van der Waals surface area contributed by atoms with Crippen LogP contribution < -0.4 is 4.74 Å². The van der Waals surface area contributed by atoms with Gasteiger partial charge in [0.25, 0.3) is 5.91 Å². The molecule has 4 rings (SSSR count). The van der Waals surface area contributed by atoms with Gasteiger partial charge in [0.2, 0.25) is 5.76 Å². The molecule has 0 aliphatic carbocycles. The number of benzene rings is 2. The number of carbonyl (C=O) groups is 2. The second-order valence-corrected chi connectivity index (χ2v) is 7.64. The van der Waals surface area contributed by atoms with Crippen LogP contribution in [-0.4, -0.2) is 48.7 Å². The highest BCUT2D eigenvalue weighted by Gasteiger charge is 2.28. The SMILES string of the molecule is C[C@H]1CN(C(=O)COC(=O)c2oc3ccccc3c2COc2ccccc2)C[C@H](C)O1. The molecule has 1 fully saturated rings. The summed E-state index contributed by atoms with van der Waals surface area (Å²) in [5.74, 6) is -0.217. The molecule has 2 aromatic carbocycles. The van der Waals surface area contributed by atoms with Gasteiger partial charge in [-0.1, -0.05) is 36.4 Å². The number of carbonyl (C=O) groups excluding carboxylic acids is 2.